The van der Waals surface area contributed by atoms with E-state index in [-0.39, 0.29) is 24.5 Å². The molecule has 1 N–H and O–H groups in total. The summed E-state index contributed by atoms with van der Waals surface area (Å²) >= 11 is 1.55. The lowest BCUT2D eigenvalue weighted by molar-refractivity contribution is -0.148. The van der Waals surface area contributed by atoms with Gasteiger partial charge in [0, 0.05) is 11.1 Å². The minimum Gasteiger partial charge on any atom is -0.455 e. The number of carbonyl (C=O) groups excluding carboxylic acids is 2. The van der Waals surface area contributed by atoms with Crippen LogP contribution >= 0.6 is 11.3 Å². The molecule has 0 atom stereocenters. The largest absolute Gasteiger partial charge is 0.455 e. The minimum absolute atomic E-state index is 0.00927. The van der Waals surface area contributed by atoms with Gasteiger partial charge in [0.15, 0.2) is 6.61 Å². The Morgan fingerprint density at radius 1 is 1.00 bits per heavy atom. The van der Waals surface area contributed by atoms with E-state index in [4.69, 9.17) is 9.72 Å². The van der Waals surface area contributed by atoms with Crippen molar-refractivity contribution >= 4 is 23.2 Å². The van der Waals surface area contributed by atoms with Crippen molar-refractivity contribution in [2.75, 3.05) is 6.61 Å². The molecule has 3 aromatic rings. The summed E-state index contributed by atoms with van der Waals surface area (Å²) in [5, 5.41) is 3.62. The highest BCUT2D eigenvalue weighted by Crippen LogP contribution is 2.36. The van der Waals surface area contributed by atoms with Crippen molar-refractivity contribution < 1.29 is 14.3 Å². The van der Waals surface area contributed by atoms with Gasteiger partial charge < -0.3 is 10.1 Å². The van der Waals surface area contributed by atoms with E-state index in [9.17, 15) is 9.59 Å². The molecule has 0 aliphatic heterocycles. The average molecular weight is 423 g/mol. The highest BCUT2D eigenvalue weighted by molar-refractivity contribution is 7.18. The molecule has 1 amide bonds. The Hall–Kier alpha value is -2.99. The van der Waals surface area contributed by atoms with Crippen LogP contribution in [-0.2, 0) is 20.7 Å². The number of aryl methyl sites for hydroxylation is 1. The Kier molecular flexibility index (Phi) is 6.67. The van der Waals surface area contributed by atoms with E-state index in [0.29, 0.717) is 5.69 Å². The summed E-state index contributed by atoms with van der Waals surface area (Å²) in [5.74, 6) is -0.796. The molecule has 0 aliphatic rings. The van der Waals surface area contributed by atoms with E-state index in [1.54, 1.807) is 11.3 Å². The topological polar surface area (TPSA) is 68.3 Å². The van der Waals surface area contributed by atoms with Crippen LogP contribution in [-0.4, -0.2) is 29.0 Å². The average Bonchev–Trinajstić information content (AvgIpc) is 3.10. The molecule has 0 spiro atoms. The Morgan fingerprint density at radius 3 is 2.30 bits per heavy atom. The third-order valence-electron chi connectivity index (χ3n) is 4.22. The molecule has 2 aromatic carbocycles. The zero-order valence-electron chi connectivity index (χ0n) is 17.7. The van der Waals surface area contributed by atoms with Gasteiger partial charge >= 0.3 is 5.97 Å². The fourth-order valence-electron chi connectivity index (χ4n) is 2.89. The first-order chi connectivity index (χ1) is 14.2. The van der Waals surface area contributed by atoms with Gasteiger partial charge in [-0.2, -0.15) is 0 Å². The van der Waals surface area contributed by atoms with Crippen molar-refractivity contribution in [2.24, 2.45) is 0 Å². The number of benzene rings is 2. The molecule has 0 saturated heterocycles. The van der Waals surface area contributed by atoms with Crippen LogP contribution in [0.4, 0.5) is 0 Å². The van der Waals surface area contributed by atoms with Gasteiger partial charge in [-0.3, -0.25) is 9.59 Å². The molecule has 6 heteroatoms. The van der Waals surface area contributed by atoms with Crippen LogP contribution in [0.2, 0.25) is 0 Å². The number of nitrogens with one attached hydrogen (secondary N) is 1. The number of hydrogen-bond acceptors (Lipinski definition) is 5. The summed E-state index contributed by atoms with van der Waals surface area (Å²) in [4.78, 5) is 30.0. The van der Waals surface area contributed by atoms with E-state index in [0.717, 1.165) is 26.6 Å². The Bertz CT molecular complexity index is 1020. The molecule has 1 aromatic heterocycles. The molecule has 0 unspecified atom stereocenters. The van der Waals surface area contributed by atoms with Crippen molar-refractivity contribution in [3.63, 3.8) is 0 Å². The number of nitrogens with zero attached hydrogens (tertiary/aromatic N) is 1. The normalized spacial score (nSPS) is 11.2. The summed E-state index contributed by atoms with van der Waals surface area (Å²) in [5.41, 5.74) is 3.46. The molecule has 0 aliphatic carbocycles. The Balaban J connectivity index is 1.80. The van der Waals surface area contributed by atoms with Gasteiger partial charge in [-0.05, 0) is 33.3 Å². The lowest BCUT2D eigenvalue weighted by atomic mass is 10.1. The van der Waals surface area contributed by atoms with E-state index in [1.165, 1.54) is 0 Å². The monoisotopic (exact) mass is 422 g/mol. The van der Waals surface area contributed by atoms with Crippen LogP contribution in [0.5, 0.6) is 0 Å². The van der Waals surface area contributed by atoms with Crippen molar-refractivity contribution in [3.05, 3.63) is 65.9 Å². The van der Waals surface area contributed by atoms with Gasteiger partial charge in [-0.1, -0.05) is 60.2 Å². The van der Waals surface area contributed by atoms with Crippen LogP contribution in [0, 0.1) is 6.92 Å². The zero-order valence-corrected chi connectivity index (χ0v) is 18.5. The number of rotatable bonds is 6. The maximum absolute atomic E-state index is 12.4. The van der Waals surface area contributed by atoms with Crippen molar-refractivity contribution in [1.29, 1.82) is 0 Å². The molecule has 0 fully saturated rings. The van der Waals surface area contributed by atoms with Gasteiger partial charge in [-0.15, -0.1) is 11.3 Å². The SMILES string of the molecule is Cc1ccc(-c2sc(-c3ccccc3)nc2CC(=O)OCC(=O)NC(C)(C)C)cc1. The molecule has 1 heterocycles. The van der Waals surface area contributed by atoms with Crippen LogP contribution in [0.1, 0.15) is 32.0 Å². The van der Waals surface area contributed by atoms with Crippen molar-refractivity contribution in [1.82, 2.24) is 10.3 Å². The first kappa shape index (κ1) is 21.7. The van der Waals surface area contributed by atoms with Crippen LogP contribution in [0.25, 0.3) is 21.0 Å². The van der Waals surface area contributed by atoms with E-state index in [2.05, 4.69) is 5.32 Å². The third-order valence-corrected chi connectivity index (χ3v) is 5.42. The number of carbonyl (C=O) groups is 2. The molecule has 0 radical (unpaired) electrons. The molecular weight excluding hydrogens is 396 g/mol. The predicted octanol–water partition coefficient (Wildman–Crippen LogP) is 4.79. The molecule has 5 nitrogen and oxygen atoms in total. The molecular formula is C24H26N2O3S. The maximum atomic E-state index is 12.4. The molecule has 0 bridgehead atoms. The molecule has 156 valence electrons. The third kappa shape index (κ3) is 6.00. The fourth-order valence-corrected chi connectivity index (χ4v) is 3.99. The second-order valence-corrected chi connectivity index (χ2v) is 9.16. The van der Waals surface area contributed by atoms with Gasteiger partial charge in [-0.25, -0.2) is 4.98 Å². The zero-order chi connectivity index (χ0) is 21.7. The standard InChI is InChI=1S/C24H26N2O3S/c1-16-10-12-17(13-11-16)22-19(25-23(30-22)18-8-6-5-7-9-18)14-21(28)29-15-20(27)26-24(2,3)4/h5-13H,14-15H2,1-4H3,(H,26,27). The lowest BCUT2D eigenvalue weighted by Crippen LogP contribution is -2.42. The summed E-state index contributed by atoms with van der Waals surface area (Å²) in [7, 11) is 0. The van der Waals surface area contributed by atoms with E-state index >= 15 is 0 Å². The van der Waals surface area contributed by atoms with Gasteiger partial charge in [0.1, 0.15) is 5.01 Å². The smallest absolute Gasteiger partial charge is 0.312 e. The molecule has 3 rings (SSSR count). The highest BCUT2D eigenvalue weighted by atomic mass is 32.1. The number of aromatic nitrogens is 1. The highest BCUT2D eigenvalue weighted by Gasteiger charge is 2.19. The number of thiazole rings is 1. The van der Waals surface area contributed by atoms with Gasteiger partial charge in [0.25, 0.3) is 5.91 Å². The molecule has 30 heavy (non-hydrogen) atoms. The Labute approximate surface area is 181 Å². The minimum atomic E-state index is -0.475. The quantitative estimate of drug-likeness (QED) is 0.580. The fraction of sp³-hybridized carbons (Fsp3) is 0.292. The van der Waals surface area contributed by atoms with Crippen LogP contribution in [0.3, 0.4) is 0 Å². The first-order valence-corrected chi connectivity index (χ1v) is 10.6. The first-order valence-electron chi connectivity index (χ1n) is 9.80. The summed E-state index contributed by atoms with van der Waals surface area (Å²) in [6.07, 6.45) is 0.00927. The Morgan fingerprint density at radius 2 is 1.67 bits per heavy atom. The van der Waals surface area contributed by atoms with Crippen molar-refractivity contribution in [3.8, 4) is 21.0 Å². The van der Waals surface area contributed by atoms with Crippen molar-refractivity contribution in [2.45, 2.75) is 39.7 Å². The second kappa shape index (κ2) is 9.22. The number of ether oxygens (including phenoxy) is 1. The van der Waals surface area contributed by atoms with Gasteiger partial charge in [0.05, 0.1) is 17.0 Å². The summed E-state index contributed by atoms with van der Waals surface area (Å²) in [6, 6.07) is 18.0. The summed E-state index contributed by atoms with van der Waals surface area (Å²) in [6.45, 7) is 7.36. The maximum Gasteiger partial charge on any atom is 0.312 e. The number of esters is 1. The van der Waals surface area contributed by atoms with Crippen LogP contribution < -0.4 is 5.32 Å². The van der Waals surface area contributed by atoms with Crippen LogP contribution in [0.15, 0.2) is 54.6 Å². The number of amides is 1. The second-order valence-electron chi connectivity index (χ2n) is 8.16. The number of hydrogen-bond donors (Lipinski definition) is 1. The van der Waals surface area contributed by atoms with Gasteiger partial charge in [0.2, 0.25) is 0 Å². The molecule has 0 saturated carbocycles. The summed E-state index contributed by atoms with van der Waals surface area (Å²) < 4.78 is 5.19. The predicted molar refractivity (Wildman–Crippen MR) is 120 cm³/mol. The van der Waals surface area contributed by atoms with E-state index in [1.807, 2.05) is 82.3 Å². The lowest BCUT2D eigenvalue weighted by Gasteiger charge is -2.20. The van der Waals surface area contributed by atoms with E-state index < -0.39 is 5.97 Å².